The molecule has 0 amide bonds. The molecule has 1 heterocycles. The summed E-state index contributed by atoms with van der Waals surface area (Å²) in [5.74, 6) is 0. The van der Waals surface area contributed by atoms with Gasteiger partial charge < -0.3 is 20.6 Å². The molecule has 1 atom stereocenters. The molecule has 1 unspecified atom stereocenters. The average molecular weight is 277 g/mol. The molecule has 20 heavy (non-hydrogen) atoms. The molecule has 0 aliphatic carbocycles. The number of anilines is 2. The van der Waals surface area contributed by atoms with Crippen LogP contribution in [0.5, 0.6) is 0 Å². The maximum atomic E-state index is 9.91. The third-order valence-corrected chi connectivity index (χ3v) is 4.17. The second-order valence-corrected chi connectivity index (χ2v) is 6.06. The normalized spacial score (nSPS) is 17.8. The molecule has 3 N–H and O–H groups in total. The van der Waals surface area contributed by atoms with E-state index in [9.17, 15) is 5.11 Å². The minimum absolute atomic E-state index is 0.338. The minimum Gasteiger partial charge on any atom is -0.389 e. The number of unbranched alkanes of at least 4 members (excludes halogenated alkanes) is 1. The predicted molar refractivity (Wildman–Crippen MR) is 85.5 cm³/mol. The highest BCUT2D eigenvalue weighted by atomic mass is 16.3. The number of aliphatic hydroxyl groups is 1. The van der Waals surface area contributed by atoms with Crippen LogP contribution in [0.1, 0.15) is 26.2 Å². The first-order valence-corrected chi connectivity index (χ1v) is 7.51. The van der Waals surface area contributed by atoms with Gasteiger partial charge in [-0.1, -0.05) is 12.1 Å². The first-order valence-electron chi connectivity index (χ1n) is 7.51. The number of rotatable bonds is 6. The number of nitrogens with zero attached hydrogens (tertiary/aromatic N) is 2. The van der Waals surface area contributed by atoms with Gasteiger partial charge in [0.15, 0.2) is 0 Å². The summed E-state index contributed by atoms with van der Waals surface area (Å²) in [5.41, 5.74) is 7.47. The highest BCUT2D eigenvalue weighted by Gasteiger charge is 2.20. The second-order valence-electron chi connectivity index (χ2n) is 6.06. The van der Waals surface area contributed by atoms with E-state index in [0.717, 1.165) is 38.9 Å². The van der Waals surface area contributed by atoms with Crippen molar-refractivity contribution in [2.75, 3.05) is 43.0 Å². The standard InChI is InChI=1S/C16H27N3O/c1-16(20,13-17)9-5-6-10-19-12-11-18(2)14-7-3-4-8-15(14)19/h3-4,7-8,20H,5-6,9-13,17H2,1-2H3. The van der Waals surface area contributed by atoms with Gasteiger partial charge in [0.25, 0.3) is 0 Å². The van der Waals surface area contributed by atoms with Crippen LogP contribution in [0.25, 0.3) is 0 Å². The maximum Gasteiger partial charge on any atom is 0.0741 e. The van der Waals surface area contributed by atoms with Crippen molar-refractivity contribution in [1.29, 1.82) is 0 Å². The molecular weight excluding hydrogens is 250 g/mol. The monoisotopic (exact) mass is 277 g/mol. The van der Waals surface area contributed by atoms with Crippen molar-refractivity contribution in [3.05, 3.63) is 24.3 Å². The SMILES string of the molecule is CN1CCN(CCCCC(C)(O)CN)c2ccccc21. The molecule has 1 aromatic carbocycles. The Morgan fingerprint density at radius 3 is 2.60 bits per heavy atom. The predicted octanol–water partition coefficient (Wildman–Crippen LogP) is 1.82. The van der Waals surface area contributed by atoms with E-state index >= 15 is 0 Å². The van der Waals surface area contributed by atoms with Crippen LogP contribution in [0.2, 0.25) is 0 Å². The highest BCUT2D eigenvalue weighted by molar-refractivity contribution is 5.72. The van der Waals surface area contributed by atoms with Gasteiger partial charge in [-0.05, 0) is 38.3 Å². The molecule has 2 rings (SSSR count). The molecule has 0 spiro atoms. The van der Waals surface area contributed by atoms with Crippen molar-refractivity contribution < 1.29 is 5.11 Å². The van der Waals surface area contributed by atoms with E-state index in [-0.39, 0.29) is 0 Å². The number of para-hydroxylation sites is 2. The van der Waals surface area contributed by atoms with E-state index in [1.165, 1.54) is 11.4 Å². The molecule has 0 bridgehead atoms. The molecule has 0 saturated carbocycles. The highest BCUT2D eigenvalue weighted by Crippen LogP contribution is 2.31. The Kier molecular flexibility index (Phi) is 4.89. The Hall–Kier alpha value is -1.26. The van der Waals surface area contributed by atoms with Crippen LogP contribution in [-0.4, -0.2) is 43.9 Å². The first-order chi connectivity index (χ1) is 9.53. The molecule has 4 nitrogen and oxygen atoms in total. The van der Waals surface area contributed by atoms with Crippen molar-refractivity contribution in [2.24, 2.45) is 5.73 Å². The smallest absolute Gasteiger partial charge is 0.0741 e. The zero-order chi connectivity index (χ0) is 14.6. The number of fused-ring (bicyclic) bond motifs is 1. The lowest BCUT2D eigenvalue weighted by molar-refractivity contribution is 0.0574. The summed E-state index contributed by atoms with van der Waals surface area (Å²) in [7, 11) is 2.15. The molecule has 1 aliphatic rings. The van der Waals surface area contributed by atoms with E-state index in [1.807, 2.05) is 6.92 Å². The fraction of sp³-hybridized carbons (Fsp3) is 0.625. The fourth-order valence-electron chi connectivity index (χ4n) is 2.71. The van der Waals surface area contributed by atoms with Crippen LogP contribution in [-0.2, 0) is 0 Å². The van der Waals surface area contributed by atoms with Crippen molar-refractivity contribution in [3.63, 3.8) is 0 Å². The Balaban J connectivity index is 1.87. The van der Waals surface area contributed by atoms with Gasteiger partial charge in [0.1, 0.15) is 0 Å². The molecule has 112 valence electrons. The van der Waals surface area contributed by atoms with Gasteiger partial charge >= 0.3 is 0 Å². The van der Waals surface area contributed by atoms with Gasteiger partial charge in [0.2, 0.25) is 0 Å². The zero-order valence-corrected chi connectivity index (χ0v) is 12.7. The molecule has 1 aromatic rings. The molecule has 0 saturated heterocycles. The van der Waals surface area contributed by atoms with E-state index in [2.05, 4.69) is 41.1 Å². The number of hydrogen-bond acceptors (Lipinski definition) is 4. The lowest BCUT2D eigenvalue weighted by Gasteiger charge is -2.37. The Bertz CT molecular complexity index is 433. The van der Waals surface area contributed by atoms with E-state index in [1.54, 1.807) is 0 Å². The molecule has 4 heteroatoms. The van der Waals surface area contributed by atoms with Gasteiger partial charge in [0, 0.05) is 33.2 Å². The topological polar surface area (TPSA) is 52.7 Å². The quantitative estimate of drug-likeness (QED) is 0.779. The number of nitrogens with two attached hydrogens (primary N) is 1. The average Bonchev–Trinajstić information content (AvgIpc) is 2.46. The Morgan fingerprint density at radius 1 is 1.20 bits per heavy atom. The summed E-state index contributed by atoms with van der Waals surface area (Å²) < 4.78 is 0. The van der Waals surface area contributed by atoms with Crippen LogP contribution < -0.4 is 15.5 Å². The molecule has 1 aliphatic heterocycles. The van der Waals surface area contributed by atoms with Gasteiger partial charge in [-0.25, -0.2) is 0 Å². The molecule has 0 fully saturated rings. The summed E-state index contributed by atoms with van der Waals surface area (Å²) in [6.45, 7) is 5.34. The zero-order valence-electron chi connectivity index (χ0n) is 12.7. The van der Waals surface area contributed by atoms with E-state index in [0.29, 0.717) is 6.54 Å². The van der Waals surface area contributed by atoms with Crippen LogP contribution >= 0.6 is 0 Å². The van der Waals surface area contributed by atoms with Crippen molar-refractivity contribution >= 4 is 11.4 Å². The summed E-state index contributed by atoms with van der Waals surface area (Å²) in [5, 5.41) is 9.91. The second kappa shape index (κ2) is 6.46. The third-order valence-electron chi connectivity index (χ3n) is 4.17. The van der Waals surface area contributed by atoms with Crippen LogP contribution in [0.3, 0.4) is 0 Å². The van der Waals surface area contributed by atoms with Gasteiger partial charge in [0.05, 0.1) is 17.0 Å². The number of likely N-dealkylation sites (N-methyl/N-ethyl adjacent to an activating group) is 1. The van der Waals surface area contributed by atoms with Crippen molar-refractivity contribution in [1.82, 2.24) is 0 Å². The summed E-state index contributed by atoms with van der Waals surface area (Å²) in [6, 6.07) is 8.57. The lowest BCUT2D eigenvalue weighted by Crippen LogP contribution is -2.39. The van der Waals surface area contributed by atoms with Crippen molar-refractivity contribution in [3.8, 4) is 0 Å². The fourth-order valence-corrected chi connectivity index (χ4v) is 2.71. The first kappa shape index (κ1) is 15.1. The lowest BCUT2D eigenvalue weighted by atomic mass is 9.99. The number of benzene rings is 1. The maximum absolute atomic E-state index is 9.91. The summed E-state index contributed by atoms with van der Waals surface area (Å²) in [4.78, 5) is 4.76. The Morgan fingerprint density at radius 2 is 1.90 bits per heavy atom. The van der Waals surface area contributed by atoms with Gasteiger partial charge in [-0.15, -0.1) is 0 Å². The van der Waals surface area contributed by atoms with E-state index < -0.39 is 5.60 Å². The van der Waals surface area contributed by atoms with Gasteiger partial charge in [-0.2, -0.15) is 0 Å². The van der Waals surface area contributed by atoms with Gasteiger partial charge in [-0.3, -0.25) is 0 Å². The molecule has 0 radical (unpaired) electrons. The molecule has 0 aromatic heterocycles. The summed E-state index contributed by atoms with van der Waals surface area (Å²) in [6.07, 6.45) is 2.88. The number of hydrogen-bond donors (Lipinski definition) is 2. The Labute approximate surface area is 122 Å². The van der Waals surface area contributed by atoms with Crippen molar-refractivity contribution in [2.45, 2.75) is 31.8 Å². The van der Waals surface area contributed by atoms with Crippen LogP contribution in [0.4, 0.5) is 11.4 Å². The minimum atomic E-state index is -0.708. The van der Waals surface area contributed by atoms with E-state index in [4.69, 9.17) is 5.73 Å². The summed E-state index contributed by atoms with van der Waals surface area (Å²) >= 11 is 0. The molecular formula is C16H27N3O. The van der Waals surface area contributed by atoms with Crippen LogP contribution in [0, 0.1) is 0 Å². The van der Waals surface area contributed by atoms with Crippen LogP contribution in [0.15, 0.2) is 24.3 Å². The largest absolute Gasteiger partial charge is 0.389 e. The third kappa shape index (κ3) is 3.64.